The first-order valence-corrected chi connectivity index (χ1v) is 8.30. The van der Waals surface area contributed by atoms with E-state index in [1.807, 2.05) is 6.07 Å². The van der Waals surface area contributed by atoms with Crippen LogP contribution in [-0.2, 0) is 4.79 Å². The van der Waals surface area contributed by atoms with Crippen LogP contribution < -0.4 is 5.32 Å². The van der Waals surface area contributed by atoms with Gasteiger partial charge in [0.2, 0.25) is 5.91 Å². The molecule has 1 aromatic rings. The average molecular weight is 319 g/mol. The number of benzene rings is 1. The summed E-state index contributed by atoms with van der Waals surface area (Å²) in [5.74, 6) is 1.60. The highest BCUT2D eigenvalue weighted by Crippen LogP contribution is 2.39. The van der Waals surface area contributed by atoms with Crippen LogP contribution in [0.5, 0.6) is 0 Å². The van der Waals surface area contributed by atoms with Crippen molar-refractivity contribution in [2.24, 2.45) is 23.7 Å². The van der Waals surface area contributed by atoms with Crippen LogP contribution in [-0.4, -0.2) is 5.91 Å². The quantitative estimate of drug-likeness (QED) is 0.865. The third kappa shape index (κ3) is 3.81. The van der Waals surface area contributed by atoms with Gasteiger partial charge < -0.3 is 5.32 Å². The van der Waals surface area contributed by atoms with Gasteiger partial charge >= 0.3 is 0 Å². The molecule has 0 spiro atoms. The van der Waals surface area contributed by atoms with Crippen molar-refractivity contribution >= 4 is 23.2 Å². The Bertz CT molecular complexity index is 591. The summed E-state index contributed by atoms with van der Waals surface area (Å²) < 4.78 is 0. The molecule has 3 nitrogen and oxygen atoms in total. The number of halogens is 1. The highest BCUT2D eigenvalue weighted by atomic mass is 35.5. The van der Waals surface area contributed by atoms with Crippen LogP contribution in [0.15, 0.2) is 18.2 Å². The number of nitrogens with zero attached hydrogens (tertiary/aromatic N) is 1. The lowest BCUT2D eigenvalue weighted by Crippen LogP contribution is -2.36. The zero-order valence-corrected chi connectivity index (χ0v) is 14.2. The molecule has 4 heteroatoms. The minimum Gasteiger partial charge on any atom is -0.325 e. The van der Waals surface area contributed by atoms with Crippen molar-refractivity contribution in [1.82, 2.24) is 0 Å². The molecule has 1 fully saturated rings. The Balaban J connectivity index is 2.14. The maximum absolute atomic E-state index is 12.7. The molecule has 118 valence electrons. The fraction of sp³-hybridized carbons (Fsp3) is 0.556. The summed E-state index contributed by atoms with van der Waals surface area (Å²) in [6.45, 7) is 6.59. The summed E-state index contributed by atoms with van der Waals surface area (Å²) in [5, 5.41) is 12.2. The lowest BCUT2D eigenvalue weighted by Gasteiger charge is -2.36. The standard InChI is InChI=1S/C18H23ClN2O/c1-11(2)14-6-4-12(3)8-15(14)18(22)21-17-7-5-13(10-20)9-16(17)19/h5,7,9,11-12,14-15H,4,6,8H2,1-3H3,(H,21,22)/t12-,14+,15-/m1/s1. The molecule has 0 saturated heterocycles. The molecule has 1 aliphatic rings. The largest absolute Gasteiger partial charge is 0.325 e. The number of anilines is 1. The van der Waals surface area contributed by atoms with E-state index in [0.29, 0.717) is 34.0 Å². The van der Waals surface area contributed by atoms with Crippen LogP contribution in [0.3, 0.4) is 0 Å². The van der Waals surface area contributed by atoms with E-state index in [4.69, 9.17) is 16.9 Å². The first kappa shape index (κ1) is 16.8. The van der Waals surface area contributed by atoms with Crippen LogP contribution >= 0.6 is 11.6 Å². The normalized spacial score (nSPS) is 24.8. The van der Waals surface area contributed by atoms with E-state index in [-0.39, 0.29) is 11.8 Å². The second kappa shape index (κ2) is 7.15. The summed E-state index contributed by atoms with van der Waals surface area (Å²) in [4.78, 5) is 12.7. The highest BCUT2D eigenvalue weighted by molar-refractivity contribution is 6.33. The molecule has 1 saturated carbocycles. The minimum absolute atomic E-state index is 0.0375. The van der Waals surface area contributed by atoms with E-state index >= 15 is 0 Å². The van der Waals surface area contributed by atoms with Crippen molar-refractivity contribution in [3.63, 3.8) is 0 Å². The number of carbonyl (C=O) groups is 1. The molecule has 1 aliphatic carbocycles. The van der Waals surface area contributed by atoms with Gasteiger partial charge in [0.25, 0.3) is 0 Å². The fourth-order valence-electron chi connectivity index (χ4n) is 3.42. The van der Waals surface area contributed by atoms with E-state index in [1.54, 1.807) is 18.2 Å². The molecule has 0 bridgehead atoms. The molecule has 3 atom stereocenters. The van der Waals surface area contributed by atoms with Gasteiger partial charge in [0, 0.05) is 5.92 Å². The van der Waals surface area contributed by atoms with E-state index in [9.17, 15) is 4.79 Å². The Hall–Kier alpha value is -1.53. The third-order valence-corrected chi connectivity index (χ3v) is 5.03. The van der Waals surface area contributed by atoms with Gasteiger partial charge in [-0.2, -0.15) is 5.26 Å². The summed E-state index contributed by atoms with van der Waals surface area (Å²) in [7, 11) is 0. The van der Waals surface area contributed by atoms with E-state index in [0.717, 1.165) is 12.8 Å². The maximum Gasteiger partial charge on any atom is 0.227 e. The summed E-state index contributed by atoms with van der Waals surface area (Å²) in [5.41, 5.74) is 1.08. The summed E-state index contributed by atoms with van der Waals surface area (Å²) in [6.07, 6.45) is 3.24. The predicted octanol–water partition coefficient (Wildman–Crippen LogP) is 4.86. The third-order valence-electron chi connectivity index (χ3n) is 4.72. The Labute approximate surface area is 137 Å². The van der Waals surface area contributed by atoms with E-state index in [1.165, 1.54) is 6.42 Å². The maximum atomic E-state index is 12.7. The smallest absolute Gasteiger partial charge is 0.227 e. The molecular weight excluding hydrogens is 296 g/mol. The van der Waals surface area contributed by atoms with Gasteiger partial charge in [0.1, 0.15) is 0 Å². The molecule has 1 aromatic carbocycles. The molecular formula is C18H23ClN2O. The molecule has 0 heterocycles. The van der Waals surface area contributed by atoms with Crippen LogP contribution in [0, 0.1) is 35.0 Å². The second-order valence-electron chi connectivity index (χ2n) is 6.73. The number of nitrogens with one attached hydrogen (secondary N) is 1. The first-order chi connectivity index (χ1) is 10.4. The topological polar surface area (TPSA) is 52.9 Å². The molecule has 0 unspecified atom stereocenters. The minimum atomic E-state index is 0.0375. The Morgan fingerprint density at radius 1 is 1.41 bits per heavy atom. The van der Waals surface area contributed by atoms with Crippen molar-refractivity contribution in [1.29, 1.82) is 5.26 Å². The van der Waals surface area contributed by atoms with Crippen molar-refractivity contribution in [3.05, 3.63) is 28.8 Å². The van der Waals surface area contributed by atoms with Crippen LogP contribution in [0.1, 0.15) is 45.6 Å². The predicted molar refractivity (Wildman–Crippen MR) is 89.6 cm³/mol. The number of hydrogen-bond acceptors (Lipinski definition) is 2. The van der Waals surface area contributed by atoms with Crippen molar-refractivity contribution in [3.8, 4) is 6.07 Å². The van der Waals surface area contributed by atoms with Gasteiger partial charge in [0.05, 0.1) is 22.3 Å². The molecule has 22 heavy (non-hydrogen) atoms. The Kier molecular flexibility index (Phi) is 5.47. The highest BCUT2D eigenvalue weighted by Gasteiger charge is 2.35. The molecule has 0 aliphatic heterocycles. The Morgan fingerprint density at radius 3 is 2.73 bits per heavy atom. The molecule has 0 aromatic heterocycles. The molecule has 0 radical (unpaired) electrons. The van der Waals surface area contributed by atoms with Gasteiger partial charge in [-0.1, -0.05) is 38.8 Å². The van der Waals surface area contributed by atoms with Crippen molar-refractivity contribution < 1.29 is 4.79 Å². The SMILES string of the molecule is CC(C)[C@@H]1CC[C@@H](C)C[C@H]1C(=O)Nc1ccc(C#N)cc1Cl. The van der Waals surface area contributed by atoms with Crippen LogP contribution in [0.4, 0.5) is 5.69 Å². The number of rotatable bonds is 3. The van der Waals surface area contributed by atoms with E-state index < -0.39 is 0 Å². The fourth-order valence-corrected chi connectivity index (χ4v) is 3.64. The number of amides is 1. The Morgan fingerprint density at radius 2 is 2.14 bits per heavy atom. The summed E-state index contributed by atoms with van der Waals surface area (Å²) in [6, 6.07) is 7.00. The van der Waals surface area contributed by atoms with Crippen molar-refractivity contribution in [2.45, 2.75) is 40.0 Å². The average Bonchev–Trinajstić information content (AvgIpc) is 2.48. The summed E-state index contributed by atoms with van der Waals surface area (Å²) >= 11 is 6.15. The second-order valence-corrected chi connectivity index (χ2v) is 7.14. The van der Waals surface area contributed by atoms with Crippen LogP contribution in [0.2, 0.25) is 5.02 Å². The van der Waals surface area contributed by atoms with Crippen LogP contribution in [0.25, 0.3) is 0 Å². The first-order valence-electron chi connectivity index (χ1n) is 7.93. The number of nitriles is 1. The molecule has 1 N–H and O–H groups in total. The lowest BCUT2D eigenvalue weighted by atomic mass is 9.70. The van der Waals surface area contributed by atoms with Gasteiger partial charge in [0.15, 0.2) is 0 Å². The van der Waals surface area contributed by atoms with E-state index in [2.05, 4.69) is 26.1 Å². The zero-order chi connectivity index (χ0) is 16.3. The van der Waals surface area contributed by atoms with Gasteiger partial charge in [-0.15, -0.1) is 0 Å². The molecule has 1 amide bonds. The number of hydrogen-bond donors (Lipinski definition) is 1. The molecule has 2 rings (SSSR count). The zero-order valence-electron chi connectivity index (χ0n) is 13.4. The van der Waals surface area contributed by atoms with Gasteiger partial charge in [-0.25, -0.2) is 0 Å². The van der Waals surface area contributed by atoms with Gasteiger partial charge in [-0.3, -0.25) is 4.79 Å². The number of carbonyl (C=O) groups excluding carboxylic acids is 1. The van der Waals surface area contributed by atoms with Crippen molar-refractivity contribution in [2.75, 3.05) is 5.32 Å². The monoisotopic (exact) mass is 318 g/mol. The van der Waals surface area contributed by atoms with Gasteiger partial charge in [-0.05, 0) is 48.8 Å². The lowest BCUT2D eigenvalue weighted by molar-refractivity contribution is -0.123.